The predicted molar refractivity (Wildman–Crippen MR) is 68.7 cm³/mol. The molecule has 1 heterocycles. The zero-order valence-electron chi connectivity index (χ0n) is 10.2. The highest BCUT2D eigenvalue weighted by Gasteiger charge is 2.17. The molecule has 1 nitrogen and oxygen atoms in total. The van der Waals surface area contributed by atoms with E-state index in [1.807, 2.05) is 0 Å². The molecule has 2 atom stereocenters. The predicted octanol–water partition coefficient (Wildman–Crippen LogP) is 3.93. The highest BCUT2D eigenvalue weighted by molar-refractivity contribution is 5.24. The summed E-state index contributed by atoms with van der Waals surface area (Å²) in [4.78, 5) is 0. The molecule has 0 saturated heterocycles. The Bertz CT molecular complexity index is 441. The third-order valence-electron chi connectivity index (χ3n) is 3.53. The maximum absolute atomic E-state index is 2.30. The van der Waals surface area contributed by atoms with Gasteiger partial charge in [0.05, 0.1) is 0 Å². The number of aromatic nitrogens is 1. The van der Waals surface area contributed by atoms with Crippen molar-refractivity contribution in [1.29, 1.82) is 0 Å². The average molecular weight is 213 g/mol. The summed E-state index contributed by atoms with van der Waals surface area (Å²) in [6.07, 6.45) is 2.11. The minimum Gasteiger partial charge on any atom is -0.354 e. The van der Waals surface area contributed by atoms with E-state index in [1.54, 1.807) is 0 Å². The summed E-state index contributed by atoms with van der Waals surface area (Å²) in [7, 11) is 2.11. The van der Waals surface area contributed by atoms with Crippen LogP contribution in [0.1, 0.15) is 36.9 Å². The molecule has 1 aromatic carbocycles. The van der Waals surface area contributed by atoms with Gasteiger partial charge in [-0.2, -0.15) is 0 Å². The monoisotopic (exact) mass is 213 g/mol. The Morgan fingerprint density at radius 2 is 1.56 bits per heavy atom. The lowest BCUT2D eigenvalue weighted by molar-refractivity contribution is 0.585. The fourth-order valence-electron chi connectivity index (χ4n) is 2.25. The van der Waals surface area contributed by atoms with E-state index in [2.05, 4.69) is 74.1 Å². The lowest BCUT2D eigenvalue weighted by Crippen LogP contribution is -2.08. The van der Waals surface area contributed by atoms with Crippen molar-refractivity contribution in [2.45, 2.75) is 25.7 Å². The highest BCUT2D eigenvalue weighted by atomic mass is 14.9. The Morgan fingerprint density at radius 3 is 2.12 bits per heavy atom. The molecule has 2 rings (SSSR count). The average Bonchev–Trinajstić information content (AvgIpc) is 2.75. The quantitative estimate of drug-likeness (QED) is 0.728. The number of benzene rings is 1. The van der Waals surface area contributed by atoms with Crippen LogP contribution in [0.2, 0.25) is 0 Å². The van der Waals surface area contributed by atoms with Crippen LogP contribution in [-0.2, 0) is 7.05 Å². The van der Waals surface area contributed by atoms with E-state index < -0.39 is 0 Å². The summed E-state index contributed by atoms with van der Waals surface area (Å²) in [6, 6.07) is 15.1. The summed E-state index contributed by atoms with van der Waals surface area (Å²) >= 11 is 0. The zero-order chi connectivity index (χ0) is 11.5. The largest absolute Gasteiger partial charge is 0.354 e. The van der Waals surface area contributed by atoms with Gasteiger partial charge in [0.15, 0.2) is 0 Å². The van der Waals surface area contributed by atoms with E-state index >= 15 is 0 Å². The molecule has 1 aromatic heterocycles. The van der Waals surface area contributed by atoms with Gasteiger partial charge < -0.3 is 4.57 Å². The molecule has 0 bridgehead atoms. The van der Waals surface area contributed by atoms with Gasteiger partial charge in [-0.3, -0.25) is 0 Å². The van der Waals surface area contributed by atoms with Gasteiger partial charge >= 0.3 is 0 Å². The van der Waals surface area contributed by atoms with Crippen molar-refractivity contribution in [3.8, 4) is 0 Å². The zero-order valence-corrected chi connectivity index (χ0v) is 10.2. The van der Waals surface area contributed by atoms with Crippen molar-refractivity contribution in [3.63, 3.8) is 0 Å². The second-order valence-corrected chi connectivity index (χ2v) is 4.53. The van der Waals surface area contributed by atoms with E-state index in [9.17, 15) is 0 Å². The molecule has 2 aromatic rings. The maximum Gasteiger partial charge on any atom is 0.0206 e. The van der Waals surface area contributed by atoms with Crippen molar-refractivity contribution < 1.29 is 0 Å². The molecular weight excluding hydrogens is 194 g/mol. The fourth-order valence-corrected chi connectivity index (χ4v) is 2.25. The third kappa shape index (κ3) is 2.04. The first kappa shape index (κ1) is 11.0. The number of nitrogens with zero attached hydrogens (tertiary/aromatic N) is 1. The van der Waals surface area contributed by atoms with Gasteiger partial charge in [-0.25, -0.2) is 0 Å². The lowest BCUT2D eigenvalue weighted by atomic mass is 9.87. The van der Waals surface area contributed by atoms with Crippen LogP contribution < -0.4 is 0 Å². The van der Waals surface area contributed by atoms with Gasteiger partial charge in [-0.15, -0.1) is 0 Å². The SMILES string of the molecule is C[C@@H](c1ccccc1)[C@@H](C)c1cccn1C. The molecule has 0 aliphatic rings. The number of aryl methyl sites for hydroxylation is 1. The first-order valence-corrected chi connectivity index (χ1v) is 5.86. The Morgan fingerprint density at radius 1 is 0.875 bits per heavy atom. The molecule has 0 aliphatic heterocycles. The molecule has 16 heavy (non-hydrogen) atoms. The van der Waals surface area contributed by atoms with Crippen molar-refractivity contribution in [1.82, 2.24) is 4.57 Å². The van der Waals surface area contributed by atoms with Gasteiger partial charge in [0.25, 0.3) is 0 Å². The number of rotatable bonds is 3. The van der Waals surface area contributed by atoms with Crippen LogP contribution in [-0.4, -0.2) is 4.57 Å². The van der Waals surface area contributed by atoms with Gasteiger partial charge in [0.1, 0.15) is 0 Å². The second kappa shape index (κ2) is 4.56. The van der Waals surface area contributed by atoms with Gasteiger partial charge in [-0.05, 0) is 23.6 Å². The Balaban J connectivity index is 2.23. The van der Waals surface area contributed by atoms with E-state index in [0.717, 1.165) is 0 Å². The van der Waals surface area contributed by atoms with Crippen molar-refractivity contribution in [3.05, 3.63) is 59.9 Å². The van der Waals surface area contributed by atoms with E-state index in [4.69, 9.17) is 0 Å². The van der Waals surface area contributed by atoms with Crippen molar-refractivity contribution >= 4 is 0 Å². The molecular formula is C15H19N. The molecule has 1 heteroatoms. The standard InChI is InChI=1S/C15H19N/c1-12(14-8-5-4-6-9-14)13(2)15-10-7-11-16(15)3/h4-13H,1-3H3/t12-,13-/m1/s1. The molecule has 0 spiro atoms. The maximum atomic E-state index is 2.30. The van der Waals surface area contributed by atoms with Gasteiger partial charge in [0, 0.05) is 24.9 Å². The molecule has 0 fully saturated rings. The summed E-state index contributed by atoms with van der Waals surface area (Å²) in [5.41, 5.74) is 2.81. The van der Waals surface area contributed by atoms with Crippen LogP contribution in [0.25, 0.3) is 0 Å². The third-order valence-corrected chi connectivity index (χ3v) is 3.53. The molecule has 0 N–H and O–H groups in total. The van der Waals surface area contributed by atoms with Crippen LogP contribution in [0, 0.1) is 0 Å². The van der Waals surface area contributed by atoms with Gasteiger partial charge in [-0.1, -0.05) is 44.2 Å². The van der Waals surface area contributed by atoms with Crippen molar-refractivity contribution in [2.75, 3.05) is 0 Å². The summed E-state index contributed by atoms with van der Waals surface area (Å²) in [6.45, 7) is 4.60. The topological polar surface area (TPSA) is 4.93 Å². The minimum absolute atomic E-state index is 0.544. The van der Waals surface area contributed by atoms with Crippen molar-refractivity contribution in [2.24, 2.45) is 7.05 Å². The minimum atomic E-state index is 0.544. The summed E-state index contributed by atoms with van der Waals surface area (Å²) in [5.74, 6) is 1.09. The van der Waals surface area contributed by atoms with Gasteiger partial charge in [0.2, 0.25) is 0 Å². The summed E-state index contributed by atoms with van der Waals surface area (Å²) in [5, 5.41) is 0. The molecule has 0 aliphatic carbocycles. The molecule has 84 valence electrons. The first-order chi connectivity index (χ1) is 7.70. The molecule has 0 amide bonds. The molecule has 0 radical (unpaired) electrons. The molecule has 0 unspecified atom stereocenters. The summed E-state index contributed by atoms with van der Waals surface area (Å²) < 4.78 is 2.21. The van der Waals surface area contributed by atoms with Crippen LogP contribution in [0.5, 0.6) is 0 Å². The first-order valence-electron chi connectivity index (χ1n) is 5.86. The Hall–Kier alpha value is -1.50. The van der Waals surface area contributed by atoms with Crippen LogP contribution in [0.15, 0.2) is 48.7 Å². The normalized spacial score (nSPS) is 14.7. The fraction of sp³-hybridized carbons (Fsp3) is 0.333. The van der Waals surface area contributed by atoms with Crippen LogP contribution >= 0.6 is 0 Å². The van der Waals surface area contributed by atoms with E-state index in [1.165, 1.54) is 11.3 Å². The van der Waals surface area contributed by atoms with Crippen LogP contribution in [0.4, 0.5) is 0 Å². The lowest BCUT2D eigenvalue weighted by Gasteiger charge is -2.21. The Labute approximate surface area is 97.7 Å². The van der Waals surface area contributed by atoms with E-state index in [-0.39, 0.29) is 0 Å². The second-order valence-electron chi connectivity index (χ2n) is 4.53. The highest BCUT2D eigenvalue weighted by Crippen LogP contribution is 2.31. The number of hydrogen-bond donors (Lipinski definition) is 0. The smallest absolute Gasteiger partial charge is 0.0206 e. The van der Waals surface area contributed by atoms with Crippen LogP contribution in [0.3, 0.4) is 0 Å². The molecule has 0 saturated carbocycles. The number of hydrogen-bond acceptors (Lipinski definition) is 0. The Kier molecular flexibility index (Phi) is 3.14. The van der Waals surface area contributed by atoms with E-state index in [0.29, 0.717) is 11.8 Å².